The van der Waals surface area contributed by atoms with Gasteiger partial charge in [-0.2, -0.15) is 0 Å². The van der Waals surface area contributed by atoms with Crippen molar-refractivity contribution in [3.8, 4) is 0 Å². The van der Waals surface area contributed by atoms with Gasteiger partial charge in [0.2, 0.25) is 0 Å². The van der Waals surface area contributed by atoms with Crippen LogP contribution in [0.5, 0.6) is 0 Å². The van der Waals surface area contributed by atoms with Crippen molar-refractivity contribution < 1.29 is 0 Å². The molecule has 0 saturated heterocycles. The van der Waals surface area contributed by atoms with Crippen LogP contribution in [0.25, 0.3) is 0 Å². The fourth-order valence-corrected chi connectivity index (χ4v) is 0.612. The van der Waals surface area contributed by atoms with Gasteiger partial charge >= 0.3 is 45.8 Å². The molecule has 0 radical (unpaired) electrons. The van der Waals surface area contributed by atoms with E-state index in [1.54, 1.807) is 0 Å². The van der Waals surface area contributed by atoms with E-state index in [-0.39, 0.29) is 0 Å². The third kappa shape index (κ3) is 4.53. The third-order valence-electron chi connectivity index (χ3n) is 0.333. The van der Waals surface area contributed by atoms with E-state index in [4.69, 9.17) is 0 Å². The van der Waals surface area contributed by atoms with Crippen molar-refractivity contribution >= 4 is 22.3 Å². The molecule has 30 valence electrons. The monoisotopic (exact) mass is 186 g/mol. The summed E-state index contributed by atoms with van der Waals surface area (Å²) in [5.41, 5.74) is 0. The minimum absolute atomic E-state index is 1.18. The second kappa shape index (κ2) is 4.53. The van der Waals surface area contributed by atoms with Crippen molar-refractivity contribution in [2.24, 2.45) is 0 Å². The minimum atomic E-state index is 1.18. The van der Waals surface area contributed by atoms with Gasteiger partial charge in [0.25, 0.3) is 0 Å². The number of hydrogen-bond donors (Lipinski definition) is 0. The molecule has 0 nitrogen and oxygen atoms in total. The van der Waals surface area contributed by atoms with E-state index < -0.39 is 0 Å². The molecule has 0 rings (SSSR count). The summed E-state index contributed by atoms with van der Waals surface area (Å²) in [6.45, 7) is 3.56. The molecule has 5 heavy (non-hydrogen) atoms. The van der Waals surface area contributed by atoms with Crippen molar-refractivity contribution in [2.45, 2.75) is 10.9 Å². The molecule has 0 spiro atoms. The average molecular weight is 184 g/mol. The Morgan fingerprint density at radius 2 is 2.40 bits per heavy atom. The molecule has 0 N–H and O–H groups in total. The van der Waals surface area contributed by atoms with Crippen LogP contribution < -0.4 is 0 Å². The van der Waals surface area contributed by atoms with Crippen molar-refractivity contribution in [1.29, 1.82) is 0 Å². The van der Waals surface area contributed by atoms with Crippen LogP contribution in [0.1, 0.15) is 6.42 Å². The molecular weight excluding hydrogens is 176 g/mol. The molecule has 0 heterocycles. The molecule has 0 aliphatic carbocycles. The Morgan fingerprint density at radius 3 is 2.40 bits per heavy atom. The number of rotatable bonds is 2. The van der Waals surface area contributed by atoms with E-state index in [1.807, 2.05) is 28.4 Å². The Balaban J connectivity index is 2.40. The zero-order chi connectivity index (χ0) is 4.12. The molecular formula is C4H8Te. The maximum absolute atomic E-state index is 3.56. The molecule has 0 bridgehead atoms. The van der Waals surface area contributed by atoms with E-state index >= 15 is 0 Å². The summed E-state index contributed by atoms with van der Waals surface area (Å²) in [5.74, 6) is 0. The summed E-state index contributed by atoms with van der Waals surface area (Å²) >= 11 is 1.85. The second-order valence-corrected chi connectivity index (χ2v) is 2.08. The van der Waals surface area contributed by atoms with Gasteiger partial charge in [-0.15, -0.1) is 0 Å². The Labute approximate surface area is 46.2 Å². The first-order valence-corrected chi connectivity index (χ1v) is 3.44. The zero-order valence-corrected chi connectivity index (χ0v) is 5.70. The summed E-state index contributed by atoms with van der Waals surface area (Å²) < 4.78 is 1.28. The van der Waals surface area contributed by atoms with Crippen molar-refractivity contribution in [2.75, 3.05) is 0 Å². The Morgan fingerprint density at radius 1 is 1.80 bits per heavy atom. The van der Waals surface area contributed by atoms with Crippen LogP contribution in [0.4, 0.5) is 0 Å². The van der Waals surface area contributed by atoms with Gasteiger partial charge in [-0.05, 0) is 0 Å². The maximum atomic E-state index is 3.56. The van der Waals surface area contributed by atoms with Crippen molar-refractivity contribution in [1.82, 2.24) is 0 Å². The van der Waals surface area contributed by atoms with Crippen LogP contribution >= 0.6 is 0 Å². The molecule has 0 aliphatic heterocycles. The normalized spacial score (nSPS) is 7.40. The molecule has 1 heteroatoms. The SMILES string of the molecule is C=CCC[TeH]. The van der Waals surface area contributed by atoms with Crippen LogP contribution in [-0.4, -0.2) is 22.3 Å². The van der Waals surface area contributed by atoms with E-state index in [9.17, 15) is 0 Å². The second-order valence-electron chi connectivity index (χ2n) is 0.801. The fraction of sp³-hybridized carbons (Fsp3) is 0.500. The number of hydrogen-bond acceptors (Lipinski definition) is 0. The summed E-state index contributed by atoms with van der Waals surface area (Å²) in [5, 5.41) is 0. The molecule has 0 unspecified atom stereocenters. The fourth-order valence-electron chi connectivity index (χ4n) is 0.0913. The van der Waals surface area contributed by atoms with Gasteiger partial charge in [0.15, 0.2) is 0 Å². The van der Waals surface area contributed by atoms with Gasteiger partial charge in [0.1, 0.15) is 0 Å². The molecule has 0 aliphatic rings. The summed E-state index contributed by atoms with van der Waals surface area (Å²) in [6, 6.07) is 0. The summed E-state index contributed by atoms with van der Waals surface area (Å²) in [4.78, 5) is 0. The first-order chi connectivity index (χ1) is 2.41. The molecule has 0 aromatic rings. The molecule has 0 amide bonds. The van der Waals surface area contributed by atoms with Gasteiger partial charge < -0.3 is 0 Å². The van der Waals surface area contributed by atoms with E-state index in [0.717, 1.165) is 0 Å². The third-order valence-corrected chi connectivity index (χ3v) is 1.07. The van der Waals surface area contributed by atoms with E-state index in [2.05, 4.69) is 6.58 Å². The first-order valence-electron chi connectivity index (χ1n) is 1.63. The molecule has 0 fully saturated rings. The van der Waals surface area contributed by atoms with Gasteiger partial charge in [0.05, 0.1) is 0 Å². The number of allylic oxidation sites excluding steroid dienone is 1. The molecule has 0 saturated carbocycles. The van der Waals surface area contributed by atoms with Crippen LogP contribution in [0, 0.1) is 0 Å². The van der Waals surface area contributed by atoms with Crippen LogP contribution in [0.15, 0.2) is 12.7 Å². The van der Waals surface area contributed by atoms with Gasteiger partial charge in [0, 0.05) is 0 Å². The van der Waals surface area contributed by atoms with E-state index in [1.165, 1.54) is 10.9 Å². The van der Waals surface area contributed by atoms with Gasteiger partial charge in [-0.3, -0.25) is 0 Å². The van der Waals surface area contributed by atoms with Crippen molar-refractivity contribution in [3.05, 3.63) is 12.7 Å². The van der Waals surface area contributed by atoms with Crippen LogP contribution in [-0.2, 0) is 0 Å². The predicted molar refractivity (Wildman–Crippen MR) is 26.8 cm³/mol. The first kappa shape index (κ1) is 5.53. The van der Waals surface area contributed by atoms with E-state index in [0.29, 0.717) is 0 Å². The topological polar surface area (TPSA) is 0 Å². The average Bonchev–Trinajstić information content (AvgIpc) is 1.41. The Kier molecular flexibility index (Phi) is 5.01. The molecule has 0 aromatic carbocycles. The Bertz CT molecular complexity index is 24.8. The molecule has 0 atom stereocenters. The summed E-state index contributed by atoms with van der Waals surface area (Å²) in [7, 11) is 0. The Hall–Kier alpha value is 0.530. The van der Waals surface area contributed by atoms with Crippen LogP contribution in [0.3, 0.4) is 0 Å². The zero-order valence-electron chi connectivity index (χ0n) is 3.15. The van der Waals surface area contributed by atoms with Crippen molar-refractivity contribution in [3.63, 3.8) is 0 Å². The quantitative estimate of drug-likeness (QED) is 0.441. The predicted octanol–water partition coefficient (Wildman–Crippen LogP) is 0.882. The van der Waals surface area contributed by atoms with Gasteiger partial charge in [-0.25, -0.2) is 0 Å². The van der Waals surface area contributed by atoms with Gasteiger partial charge in [-0.1, -0.05) is 0 Å². The standard InChI is InChI=1S/C4H8Te/c1-2-3-4-5/h2,5H,1,3-4H2. The van der Waals surface area contributed by atoms with Crippen LogP contribution in [0.2, 0.25) is 4.47 Å². The molecule has 0 aromatic heterocycles. The summed E-state index contributed by atoms with van der Waals surface area (Å²) in [6.07, 6.45) is 3.12.